The van der Waals surface area contributed by atoms with Gasteiger partial charge in [-0.15, -0.1) is 0 Å². The van der Waals surface area contributed by atoms with Crippen LogP contribution in [0.3, 0.4) is 0 Å². The monoisotopic (exact) mass is 247 g/mol. The highest BCUT2D eigenvalue weighted by molar-refractivity contribution is 5.39. The normalized spacial score (nSPS) is 20.8. The van der Waals surface area contributed by atoms with Gasteiger partial charge >= 0.3 is 0 Å². The minimum Gasteiger partial charge on any atom is -0.390 e. The van der Waals surface area contributed by atoms with Crippen LogP contribution in [-0.2, 0) is 12.8 Å². The van der Waals surface area contributed by atoms with Crippen LogP contribution in [0, 0.1) is 0 Å². The Balaban J connectivity index is 2.23. The van der Waals surface area contributed by atoms with Crippen LogP contribution in [0.4, 0.5) is 0 Å². The van der Waals surface area contributed by atoms with Gasteiger partial charge in [-0.1, -0.05) is 18.2 Å². The second-order valence-corrected chi connectivity index (χ2v) is 6.20. The van der Waals surface area contributed by atoms with E-state index in [2.05, 4.69) is 37.1 Å². The van der Waals surface area contributed by atoms with Crippen LogP contribution in [0.25, 0.3) is 0 Å². The van der Waals surface area contributed by atoms with Crippen molar-refractivity contribution in [3.8, 4) is 0 Å². The Kier molecular flexibility index (Phi) is 3.79. The summed E-state index contributed by atoms with van der Waals surface area (Å²) in [5.41, 5.74) is 3.85. The quantitative estimate of drug-likeness (QED) is 0.887. The van der Waals surface area contributed by atoms with Gasteiger partial charge in [0.15, 0.2) is 0 Å². The third-order valence-electron chi connectivity index (χ3n) is 4.14. The molecule has 0 aromatic heterocycles. The fraction of sp³-hybridized carbons (Fsp3) is 0.625. The first-order chi connectivity index (χ1) is 8.38. The zero-order valence-electron chi connectivity index (χ0n) is 12.0. The molecule has 1 aliphatic rings. The van der Waals surface area contributed by atoms with Crippen molar-refractivity contribution >= 4 is 0 Å². The van der Waals surface area contributed by atoms with E-state index in [-0.39, 0.29) is 0 Å². The van der Waals surface area contributed by atoms with Gasteiger partial charge in [0.2, 0.25) is 0 Å². The lowest BCUT2D eigenvalue weighted by Gasteiger charge is -2.33. The summed E-state index contributed by atoms with van der Waals surface area (Å²) in [5.74, 6) is 0. The van der Waals surface area contributed by atoms with E-state index in [1.807, 2.05) is 13.8 Å². The van der Waals surface area contributed by atoms with E-state index in [1.165, 1.54) is 16.7 Å². The summed E-state index contributed by atoms with van der Waals surface area (Å²) in [6, 6.07) is 7.15. The first-order valence-corrected chi connectivity index (χ1v) is 6.92. The first-order valence-electron chi connectivity index (χ1n) is 6.92. The first kappa shape index (κ1) is 13.6. The van der Waals surface area contributed by atoms with Gasteiger partial charge in [0, 0.05) is 12.6 Å². The van der Waals surface area contributed by atoms with Gasteiger partial charge in [-0.2, -0.15) is 0 Å². The zero-order valence-corrected chi connectivity index (χ0v) is 12.0. The van der Waals surface area contributed by atoms with Crippen LogP contribution in [0.5, 0.6) is 0 Å². The van der Waals surface area contributed by atoms with Crippen molar-refractivity contribution in [2.24, 2.45) is 0 Å². The SMILES string of the molecule is CC1c2cccc(CCC(C)(C)O)c2CCN1C. The summed E-state index contributed by atoms with van der Waals surface area (Å²) < 4.78 is 0. The van der Waals surface area contributed by atoms with Gasteiger partial charge in [-0.05, 0) is 63.8 Å². The summed E-state index contributed by atoms with van der Waals surface area (Å²) in [7, 11) is 2.19. The van der Waals surface area contributed by atoms with Crippen molar-refractivity contribution in [2.75, 3.05) is 13.6 Å². The number of nitrogens with zero attached hydrogens (tertiary/aromatic N) is 1. The van der Waals surface area contributed by atoms with Gasteiger partial charge in [-0.25, -0.2) is 0 Å². The maximum atomic E-state index is 9.87. The second-order valence-electron chi connectivity index (χ2n) is 6.20. The Labute approximate surface area is 111 Å². The standard InChI is InChI=1S/C16H25NO/c1-12-14-7-5-6-13(8-10-16(2,3)18)15(14)9-11-17(12)4/h5-7,12,18H,8-11H2,1-4H3. The number of hydrogen-bond donors (Lipinski definition) is 1. The smallest absolute Gasteiger partial charge is 0.0594 e. The molecule has 18 heavy (non-hydrogen) atoms. The third-order valence-corrected chi connectivity index (χ3v) is 4.14. The average molecular weight is 247 g/mol. The predicted octanol–water partition coefficient (Wildman–Crippen LogP) is 2.94. The molecule has 2 nitrogen and oxygen atoms in total. The highest BCUT2D eigenvalue weighted by Gasteiger charge is 2.23. The van der Waals surface area contributed by atoms with Gasteiger partial charge < -0.3 is 5.11 Å². The maximum Gasteiger partial charge on any atom is 0.0594 e. The molecule has 1 aliphatic heterocycles. The van der Waals surface area contributed by atoms with Gasteiger partial charge in [0.25, 0.3) is 0 Å². The van der Waals surface area contributed by atoms with Crippen molar-refractivity contribution in [3.63, 3.8) is 0 Å². The minimum absolute atomic E-state index is 0.510. The van der Waals surface area contributed by atoms with Crippen LogP contribution < -0.4 is 0 Å². The molecular formula is C16H25NO. The zero-order chi connectivity index (χ0) is 13.3. The summed E-state index contributed by atoms with van der Waals surface area (Å²) in [6.45, 7) is 7.18. The predicted molar refractivity (Wildman–Crippen MR) is 75.8 cm³/mol. The third kappa shape index (κ3) is 2.93. The molecule has 0 bridgehead atoms. The molecule has 1 atom stereocenters. The summed E-state index contributed by atoms with van der Waals surface area (Å²) >= 11 is 0. The van der Waals surface area contributed by atoms with Crippen molar-refractivity contribution in [3.05, 3.63) is 34.9 Å². The Bertz CT molecular complexity index is 420. The number of aryl methyl sites for hydroxylation is 1. The van der Waals surface area contributed by atoms with Gasteiger partial charge in [-0.3, -0.25) is 4.90 Å². The summed E-state index contributed by atoms with van der Waals surface area (Å²) in [5, 5.41) is 9.87. The van der Waals surface area contributed by atoms with E-state index in [1.54, 1.807) is 0 Å². The molecule has 1 aromatic rings. The average Bonchev–Trinajstić information content (AvgIpc) is 2.30. The van der Waals surface area contributed by atoms with Crippen molar-refractivity contribution in [2.45, 2.75) is 51.7 Å². The number of aliphatic hydroxyl groups is 1. The van der Waals surface area contributed by atoms with Crippen LogP contribution in [-0.4, -0.2) is 29.2 Å². The molecule has 2 heteroatoms. The summed E-state index contributed by atoms with van der Waals surface area (Å²) in [4.78, 5) is 2.40. The molecule has 0 amide bonds. The minimum atomic E-state index is -0.570. The fourth-order valence-electron chi connectivity index (χ4n) is 2.74. The van der Waals surface area contributed by atoms with Crippen molar-refractivity contribution in [1.82, 2.24) is 4.90 Å². The molecule has 0 fully saturated rings. The molecule has 0 aliphatic carbocycles. The molecule has 2 rings (SSSR count). The van der Waals surface area contributed by atoms with Crippen molar-refractivity contribution in [1.29, 1.82) is 0 Å². The molecule has 1 N–H and O–H groups in total. The number of benzene rings is 1. The Morgan fingerprint density at radius 2 is 2.11 bits per heavy atom. The molecule has 0 saturated heterocycles. The second kappa shape index (κ2) is 5.02. The van der Waals surface area contributed by atoms with E-state index in [4.69, 9.17) is 0 Å². The largest absolute Gasteiger partial charge is 0.390 e. The Morgan fingerprint density at radius 1 is 1.39 bits per heavy atom. The van der Waals surface area contributed by atoms with Crippen molar-refractivity contribution < 1.29 is 5.11 Å². The molecule has 1 aromatic carbocycles. The molecule has 1 heterocycles. The van der Waals surface area contributed by atoms with Crippen LogP contribution in [0.15, 0.2) is 18.2 Å². The lowest BCUT2D eigenvalue weighted by atomic mass is 9.87. The Hall–Kier alpha value is -0.860. The molecule has 0 radical (unpaired) electrons. The number of rotatable bonds is 3. The van der Waals surface area contributed by atoms with E-state index in [0.717, 1.165) is 25.8 Å². The van der Waals surface area contributed by atoms with Crippen LogP contribution >= 0.6 is 0 Å². The van der Waals surface area contributed by atoms with Gasteiger partial charge in [0.1, 0.15) is 0 Å². The van der Waals surface area contributed by atoms with Gasteiger partial charge in [0.05, 0.1) is 5.60 Å². The number of hydrogen-bond acceptors (Lipinski definition) is 2. The lowest BCUT2D eigenvalue weighted by Crippen LogP contribution is -2.31. The van der Waals surface area contributed by atoms with Crippen LogP contribution in [0.2, 0.25) is 0 Å². The summed E-state index contributed by atoms with van der Waals surface area (Å²) in [6.07, 6.45) is 2.94. The van der Waals surface area contributed by atoms with E-state index >= 15 is 0 Å². The molecule has 1 unspecified atom stereocenters. The molecule has 100 valence electrons. The molecule has 0 spiro atoms. The number of likely N-dealkylation sites (N-methyl/N-ethyl adjacent to an activating group) is 1. The number of fused-ring (bicyclic) bond motifs is 1. The molecule has 0 saturated carbocycles. The lowest BCUT2D eigenvalue weighted by molar-refractivity contribution is 0.0713. The van der Waals surface area contributed by atoms with Crippen LogP contribution in [0.1, 0.15) is 49.9 Å². The topological polar surface area (TPSA) is 23.5 Å². The highest BCUT2D eigenvalue weighted by atomic mass is 16.3. The van der Waals surface area contributed by atoms with E-state index in [0.29, 0.717) is 6.04 Å². The Morgan fingerprint density at radius 3 is 2.78 bits per heavy atom. The fourth-order valence-corrected chi connectivity index (χ4v) is 2.74. The highest BCUT2D eigenvalue weighted by Crippen LogP contribution is 2.31. The molecular weight excluding hydrogens is 222 g/mol. The maximum absolute atomic E-state index is 9.87. The van der Waals surface area contributed by atoms with E-state index < -0.39 is 5.60 Å². The van der Waals surface area contributed by atoms with E-state index in [9.17, 15) is 5.11 Å².